The molecule has 0 aromatic heterocycles. The van der Waals surface area contributed by atoms with Crippen molar-refractivity contribution in [1.82, 2.24) is 0 Å². The van der Waals surface area contributed by atoms with Crippen molar-refractivity contribution in [3.05, 3.63) is 53.6 Å². The molecule has 0 saturated heterocycles. The van der Waals surface area contributed by atoms with Crippen LogP contribution in [-0.2, 0) is 16.6 Å². The van der Waals surface area contributed by atoms with Gasteiger partial charge in [0, 0.05) is 18.7 Å². The molecule has 4 heteroatoms. The second-order valence-corrected chi connectivity index (χ2v) is 7.48. The van der Waals surface area contributed by atoms with Crippen LogP contribution < -0.4 is 15.4 Å². The van der Waals surface area contributed by atoms with E-state index in [2.05, 4.69) is 55.7 Å². The first-order chi connectivity index (χ1) is 11.9. The van der Waals surface area contributed by atoms with Crippen LogP contribution in [0.25, 0.3) is 0 Å². The Hall–Kier alpha value is -2.49. The molecule has 0 atom stereocenters. The lowest BCUT2D eigenvalue weighted by Crippen LogP contribution is -2.18. The smallest absolute Gasteiger partial charge is 0.224 e. The molecule has 0 bridgehead atoms. The predicted molar refractivity (Wildman–Crippen MR) is 103 cm³/mol. The van der Waals surface area contributed by atoms with Crippen molar-refractivity contribution in [2.75, 3.05) is 23.8 Å². The highest BCUT2D eigenvalue weighted by Gasteiger charge is 2.13. The van der Waals surface area contributed by atoms with Gasteiger partial charge < -0.3 is 15.4 Å². The van der Waals surface area contributed by atoms with Crippen molar-refractivity contribution < 1.29 is 9.53 Å². The Balaban J connectivity index is 1.54. The number of benzene rings is 2. The van der Waals surface area contributed by atoms with Crippen molar-refractivity contribution >= 4 is 17.3 Å². The predicted octanol–water partition coefficient (Wildman–Crippen LogP) is 4.36. The van der Waals surface area contributed by atoms with Gasteiger partial charge in [0.05, 0.1) is 5.69 Å². The topological polar surface area (TPSA) is 50.4 Å². The van der Waals surface area contributed by atoms with Gasteiger partial charge in [-0.3, -0.25) is 4.79 Å². The number of aryl methyl sites for hydroxylation is 1. The summed E-state index contributed by atoms with van der Waals surface area (Å²) in [6.07, 6.45) is 1.21. The zero-order valence-corrected chi connectivity index (χ0v) is 15.2. The second-order valence-electron chi connectivity index (χ2n) is 7.48. The average molecular weight is 338 g/mol. The number of rotatable bonds is 4. The maximum absolute atomic E-state index is 12.2. The maximum atomic E-state index is 12.2. The van der Waals surface area contributed by atoms with Gasteiger partial charge in [-0.1, -0.05) is 45.0 Å². The summed E-state index contributed by atoms with van der Waals surface area (Å²) in [5.41, 5.74) is 4.37. The summed E-state index contributed by atoms with van der Waals surface area (Å²) >= 11 is 0. The van der Waals surface area contributed by atoms with Crippen LogP contribution in [0.3, 0.4) is 0 Å². The molecular formula is C21H26N2O2. The van der Waals surface area contributed by atoms with E-state index in [0.29, 0.717) is 13.0 Å². The van der Waals surface area contributed by atoms with Gasteiger partial charge >= 0.3 is 0 Å². The lowest BCUT2D eigenvalue weighted by atomic mass is 9.86. The van der Waals surface area contributed by atoms with E-state index < -0.39 is 0 Å². The van der Waals surface area contributed by atoms with Gasteiger partial charge in [0.2, 0.25) is 5.91 Å². The van der Waals surface area contributed by atoms with E-state index >= 15 is 0 Å². The molecule has 4 nitrogen and oxygen atoms in total. The quantitative estimate of drug-likeness (QED) is 0.871. The Bertz CT molecular complexity index is 745. The highest BCUT2D eigenvalue weighted by atomic mass is 16.5. The van der Waals surface area contributed by atoms with E-state index in [0.717, 1.165) is 30.1 Å². The standard InChI is InChI=1S/C21H26N2O2/c1-21(2,3)16-7-4-15(5-8-16)6-11-20(24)23-17-9-10-19-18(14-17)22-12-13-25-19/h4-5,7-10,14,22H,6,11-13H2,1-3H3,(H,23,24). The summed E-state index contributed by atoms with van der Waals surface area (Å²) in [6.45, 7) is 8.07. The fourth-order valence-corrected chi connectivity index (χ4v) is 2.87. The second kappa shape index (κ2) is 7.18. The minimum absolute atomic E-state index is 0.0246. The molecule has 0 unspecified atom stereocenters. The molecule has 2 aromatic carbocycles. The molecule has 1 heterocycles. The Kier molecular flexibility index (Phi) is 4.98. The maximum Gasteiger partial charge on any atom is 0.224 e. The number of fused-ring (bicyclic) bond motifs is 1. The summed E-state index contributed by atoms with van der Waals surface area (Å²) in [6, 6.07) is 14.2. The van der Waals surface area contributed by atoms with Crippen LogP contribution in [0.2, 0.25) is 0 Å². The first kappa shape index (κ1) is 17.3. The fourth-order valence-electron chi connectivity index (χ4n) is 2.87. The third-order valence-corrected chi connectivity index (χ3v) is 4.40. The number of hydrogen-bond donors (Lipinski definition) is 2. The molecular weight excluding hydrogens is 312 g/mol. The van der Waals surface area contributed by atoms with Crippen LogP contribution in [0.4, 0.5) is 11.4 Å². The molecule has 0 fully saturated rings. The highest BCUT2D eigenvalue weighted by Crippen LogP contribution is 2.30. The van der Waals surface area contributed by atoms with E-state index in [-0.39, 0.29) is 11.3 Å². The number of nitrogens with one attached hydrogen (secondary N) is 2. The van der Waals surface area contributed by atoms with E-state index in [1.54, 1.807) is 0 Å². The summed E-state index contributed by atoms with van der Waals surface area (Å²) in [5.74, 6) is 0.861. The minimum Gasteiger partial charge on any atom is -0.490 e. The van der Waals surface area contributed by atoms with E-state index in [1.165, 1.54) is 11.1 Å². The molecule has 2 N–H and O–H groups in total. The Morgan fingerprint density at radius 3 is 2.64 bits per heavy atom. The highest BCUT2D eigenvalue weighted by molar-refractivity contribution is 5.91. The molecule has 0 radical (unpaired) electrons. The minimum atomic E-state index is 0.0246. The number of hydrogen-bond acceptors (Lipinski definition) is 3. The third-order valence-electron chi connectivity index (χ3n) is 4.40. The molecule has 0 aliphatic carbocycles. The van der Waals surface area contributed by atoms with Crippen LogP contribution >= 0.6 is 0 Å². The summed E-state index contributed by atoms with van der Waals surface area (Å²) < 4.78 is 5.55. The van der Waals surface area contributed by atoms with E-state index in [1.807, 2.05) is 18.2 Å². The molecule has 0 spiro atoms. The normalized spacial score (nSPS) is 13.4. The fraction of sp³-hybridized carbons (Fsp3) is 0.381. The zero-order valence-electron chi connectivity index (χ0n) is 15.2. The zero-order chi connectivity index (χ0) is 17.9. The van der Waals surface area contributed by atoms with Gasteiger partial charge in [-0.15, -0.1) is 0 Å². The summed E-state index contributed by atoms with van der Waals surface area (Å²) in [5, 5.41) is 6.24. The largest absolute Gasteiger partial charge is 0.490 e. The van der Waals surface area contributed by atoms with Gasteiger partial charge in [0.1, 0.15) is 12.4 Å². The Morgan fingerprint density at radius 2 is 1.92 bits per heavy atom. The molecule has 2 aromatic rings. The van der Waals surface area contributed by atoms with E-state index in [9.17, 15) is 4.79 Å². The van der Waals surface area contributed by atoms with Crippen LogP contribution in [0.1, 0.15) is 38.3 Å². The first-order valence-electron chi connectivity index (χ1n) is 8.82. The Labute approximate surface area is 149 Å². The van der Waals surface area contributed by atoms with Crippen molar-refractivity contribution in [3.63, 3.8) is 0 Å². The molecule has 132 valence electrons. The number of amides is 1. The van der Waals surface area contributed by atoms with Gasteiger partial charge in [-0.2, -0.15) is 0 Å². The molecule has 25 heavy (non-hydrogen) atoms. The van der Waals surface area contributed by atoms with E-state index in [4.69, 9.17) is 4.74 Å². The van der Waals surface area contributed by atoms with Gasteiger partial charge in [0.15, 0.2) is 0 Å². The van der Waals surface area contributed by atoms with Gasteiger partial charge in [-0.25, -0.2) is 0 Å². The van der Waals surface area contributed by atoms with Crippen LogP contribution in [-0.4, -0.2) is 19.1 Å². The summed E-state index contributed by atoms with van der Waals surface area (Å²) in [7, 11) is 0. The van der Waals surface area contributed by atoms with Crippen molar-refractivity contribution in [2.45, 2.75) is 39.0 Å². The monoisotopic (exact) mass is 338 g/mol. The van der Waals surface area contributed by atoms with Gasteiger partial charge in [-0.05, 0) is 41.2 Å². The van der Waals surface area contributed by atoms with Gasteiger partial charge in [0.25, 0.3) is 0 Å². The van der Waals surface area contributed by atoms with Crippen molar-refractivity contribution in [2.24, 2.45) is 0 Å². The number of carbonyl (C=O) groups excluding carboxylic acids is 1. The SMILES string of the molecule is CC(C)(C)c1ccc(CCC(=O)Nc2ccc3c(c2)NCCO3)cc1. The molecule has 3 rings (SSSR count). The molecule has 1 aliphatic heterocycles. The van der Waals surface area contributed by atoms with Crippen molar-refractivity contribution in [3.8, 4) is 5.75 Å². The summed E-state index contributed by atoms with van der Waals surface area (Å²) in [4.78, 5) is 12.2. The number of ether oxygens (including phenoxy) is 1. The number of carbonyl (C=O) groups is 1. The lowest BCUT2D eigenvalue weighted by Gasteiger charge is -2.20. The van der Waals surface area contributed by atoms with Crippen LogP contribution in [0, 0.1) is 0 Å². The molecule has 1 amide bonds. The van der Waals surface area contributed by atoms with Crippen LogP contribution in [0.15, 0.2) is 42.5 Å². The average Bonchev–Trinajstić information content (AvgIpc) is 2.59. The van der Waals surface area contributed by atoms with Crippen molar-refractivity contribution in [1.29, 1.82) is 0 Å². The lowest BCUT2D eigenvalue weighted by molar-refractivity contribution is -0.116. The Morgan fingerprint density at radius 1 is 1.16 bits per heavy atom. The molecule has 0 saturated carbocycles. The third kappa shape index (κ3) is 4.53. The van der Waals surface area contributed by atoms with Crippen LogP contribution in [0.5, 0.6) is 5.75 Å². The number of anilines is 2. The first-order valence-corrected chi connectivity index (χ1v) is 8.82. The molecule has 1 aliphatic rings.